The Labute approximate surface area is 254 Å². The Morgan fingerprint density at radius 2 is 1.68 bits per heavy atom. The van der Waals surface area contributed by atoms with Gasteiger partial charge in [-0.2, -0.15) is 0 Å². The van der Waals surface area contributed by atoms with Crippen molar-refractivity contribution < 1.29 is 33.6 Å². The molecule has 5 rings (SSSR count). The number of phenolic OH excluding ortho intramolecular Hbond substituents is 1. The van der Waals surface area contributed by atoms with Crippen LogP contribution in [0.15, 0.2) is 48.6 Å². The number of nitrogens with zero attached hydrogens (tertiary/aromatic N) is 4. The van der Waals surface area contributed by atoms with Crippen LogP contribution < -0.4 is 10.3 Å². The number of nitrogens with two attached hydrogens (primary N) is 1. The molecule has 0 aliphatic carbocycles. The molecule has 0 bridgehead atoms. The zero-order valence-electron chi connectivity index (χ0n) is 25.2. The molecule has 0 saturated carbocycles. The fourth-order valence-electron chi connectivity index (χ4n) is 5.70. The van der Waals surface area contributed by atoms with E-state index in [1.54, 1.807) is 0 Å². The highest BCUT2D eigenvalue weighted by Gasteiger charge is 2.48. The first-order valence-corrected chi connectivity index (χ1v) is 15.8. The summed E-state index contributed by atoms with van der Waals surface area (Å²) in [6, 6.07) is 9.72. The third-order valence-electron chi connectivity index (χ3n) is 8.75. The van der Waals surface area contributed by atoms with E-state index in [1.165, 1.54) is 35.3 Å². The summed E-state index contributed by atoms with van der Waals surface area (Å²) >= 11 is 0. The SMILES string of the molecule is CCCCc1nc2c(N)nc3cc(C(C)(C)C(C)(C)N4C(=O)C=CC4=O)ccc3c2n1Cc1cc(O)ccc1OP(=O)(O)O. The molecule has 44 heavy (non-hydrogen) atoms. The smallest absolute Gasteiger partial charge is 0.508 e. The number of carbonyl (C=O) groups excluding carboxylic acids is 2. The normalized spacial score (nSPS) is 14.4. The zero-order chi connectivity index (χ0) is 32.2. The van der Waals surface area contributed by atoms with E-state index >= 15 is 0 Å². The molecule has 0 unspecified atom stereocenters. The van der Waals surface area contributed by atoms with Crippen LogP contribution in [0.25, 0.3) is 21.9 Å². The van der Waals surface area contributed by atoms with Gasteiger partial charge in [0.05, 0.1) is 23.1 Å². The van der Waals surface area contributed by atoms with Crippen molar-refractivity contribution in [2.24, 2.45) is 0 Å². The lowest BCUT2D eigenvalue weighted by molar-refractivity contribution is -0.145. The number of pyridine rings is 1. The van der Waals surface area contributed by atoms with Gasteiger partial charge in [0.25, 0.3) is 11.8 Å². The maximum absolute atomic E-state index is 12.6. The summed E-state index contributed by atoms with van der Waals surface area (Å²) in [6.07, 6.45) is 4.89. The molecule has 13 heteroatoms. The Balaban J connectivity index is 1.69. The number of amides is 2. The number of carbonyl (C=O) groups is 2. The van der Waals surface area contributed by atoms with Gasteiger partial charge < -0.3 is 19.9 Å². The second kappa shape index (κ2) is 11.0. The number of phosphoric acid groups is 1. The molecule has 0 saturated heterocycles. The maximum atomic E-state index is 12.6. The van der Waals surface area contributed by atoms with Crippen molar-refractivity contribution in [3.05, 3.63) is 65.5 Å². The largest absolute Gasteiger partial charge is 0.524 e. The van der Waals surface area contributed by atoms with Gasteiger partial charge in [0, 0.05) is 34.9 Å². The first kappa shape index (κ1) is 31.2. The van der Waals surface area contributed by atoms with Crippen LogP contribution in [0.1, 0.15) is 64.4 Å². The monoisotopic (exact) mass is 621 g/mol. The topological polar surface area (TPSA) is 181 Å². The van der Waals surface area contributed by atoms with Crippen molar-refractivity contribution in [1.82, 2.24) is 19.4 Å². The van der Waals surface area contributed by atoms with Gasteiger partial charge in [-0.25, -0.2) is 14.5 Å². The van der Waals surface area contributed by atoms with E-state index < -0.39 is 18.8 Å². The quantitative estimate of drug-likeness (QED) is 0.143. The van der Waals surface area contributed by atoms with E-state index in [0.29, 0.717) is 34.4 Å². The van der Waals surface area contributed by atoms with Gasteiger partial charge in [0.1, 0.15) is 22.8 Å². The Kier molecular flexibility index (Phi) is 7.82. The van der Waals surface area contributed by atoms with Crippen molar-refractivity contribution in [3.63, 3.8) is 0 Å². The molecular weight excluding hydrogens is 585 g/mol. The fraction of sp³-hybridized carbons (Fsp3) is 0.355. The Hall–Kier alpha value is -4.25. The highest BCUT2D eigenvalue weighted by molar-refractivity contribution is 7.46. The number of fused-ring (bicyclic) bond motifs is 3. The average molecular weight is 622 g/mol. The number of unbranched alkanes of at least 4 members (excludes halogenated alkanes) is 1. The molecule has 4 aromatic rings. The van der Waals surface area contributed by atoms with Crippen LogP contribution >= 0.6 is 7.82 Å². The molecular formula is C31H36N5O7P. The van der Waals surface area contributed by atoms with Gasteiger partial charge in [-0.3, -0.25) is 24.3 Å². The van der Waals surface area contributed by atoms with Crippen LogP contribution in [-0.4, -0.2) is 51.7 Å². The number of anilines is 1. The summed E-state index contributed by atoms with van der Waals surface area (Å²) in [5.74, 6) is -0.000797. The van der Waals surface area contributed by atoms with Crippen molar-refractivity contribution in [3.8, 4) is 11.5 Å². The minimum atomic E-state index is -4.88. The number of aromatic hydroxyl groups is 1. The number of imidazole rings is 1. The van der Waals surface area contributed by atoms with Gasteiger partial charge in [-0.1, -0.05) is 39.3 Å². The van der Waals surface area contributed by atoms with Crippen LogP contribution in [0, 0.1) is 0 Å². The minimum Gasteiger partial charge on any atom is -0.508 e. The lowest BCUT2D eigenvalue weighted by Gasteiger charge is -2.47. The van der Waals surface area contributed by atoms with E-state index in [-0.39, 0.29) is 35.7 Å². The van der Waals surface area contributed by atoms with Gasteiger partial charge in [0.2, 0.25) is 0 Å². The molecule has 1 aliphatic rings. The predicted octanol–water partition coefficient (Wildman–Crippen LogP) is 4.72. The number of hydrogen-bond donors (Lipinski definition) is 4. The second-order valence-electron chi connectivity index (χ2n) is 12.0. The Morgan fingerprint density at radius 3 is 2.32 bits per heavy atom. The number of phosphoric ester groups is 1. The summed E-state index contributed by atoms with van der Waals surface area (Å²) in [7, 11) is -4.88. The lowest BCUT2D eigenvalue weighted by Crippen LogP contribution is -2.58. The molecule has 2 amide bonds. The number of hydrogen-bond acceptors (Lipinski definition) is 8. The summed E-state index contributed by atoms with van der Waals surface area (Å²) in [5.41, 5.74) is 7.77. The molecule has 0 radical (unpaired) electrons. The number of nitrogen functional groups attached to an aromatic ring is 1. The van der Waals surface area contributed by atoms with E-state index in [9.17, 15) is 29.0 Å². The molecule has 3 heterocycles. The summed E-state index contributed by atoms with van der Waals surface area (Å²) in [6.45, 7) is 9.77. The van der Waals surface area contributed by atoms with Gasteiger partial charge in [-0.15, -0.1) is 0 Å². The molecule has 1 aliphatic heterocycles. The zero-order valence-corrected chi connectivity index (χ0v) is 26.1. The van der Waals surface area contributed by atoms with Crippen LogP contribution in [0.5, 0.6) is 11.5 Å². The molecule has 0 spiro atoms. The Morgan fingerprint density at radius 1 is 1.00 bits per heavy atom. The first-order chi connectivity index (χ1) is 20.5. The van der Waals surface area contributed by atoms with Crippen LogP contribution in [-0.2, 0) is 32.5 Å². The standard InChI is InChI=1S/C31H36N5O7P/c1-6-7-8-24-34-27-28(35(24)17-18-15-20(37)10-12-23(18)43-44(40,41)42)21-11-9-19(16-22(21)33-29(27)32)30(2,3)31(4,5)36-25(38)13-14-26(36)39/h9-16,37H,6-8,17H2,1-5H3,(H2,32,33)(H2,40,41,42). The Bertz CT molecular complexity index is 1870. The summed E-state index contributed by atoms with van der Waals surface area (Å²) in [5, 5.41) is 11.0. The lowest BCUT2D eigenvalue weighted by atomic mass is 9.68. The second-order valence-corrected chi connectivity index (χ2v) is 13.2. The van der Waals surface area contributed by atoms with Crippen LogP contribution in [0.3, 0.4) is 0 Å². The molecule has 2 aromatic heterocycles. The molecule has 12 nitrogen and oxygen atoms in total. The van der Waals surface area contributed by atoms with E-state index in [0.717, 1.165) is 23.8 Å². The number of phenols is 1. The highest BCUT2D eigenvalue weighted by atomic mass is 31.2. The molecule has 232 valence electrons. The van der Waals surface area contributed by atoms with Crippen LogP contribution in [0.4, 0.5) is 5.82 Å². The third-order valence-corrected chi connectivity index (χ3v) is 9.18. The first-order valence-electron chi connectivity index (χ1n) is 14.3. The van der Waals surface area contributed by atoms with E-state index in [1.807, 2.05) is 50.5 Å². The van der Waals surface area contributed by atoms with E-state index in [2.05, 4.69) is 11.9 Å². The molecule has 0 fully saturated rings. The van der Waals surface area contributed by atoms with Gasteiger partial charge in [0.15, 0.2) is 5.82 Å². The minimum absolute atomic E-state index is 0.0717. The molecule has 5 N–H and O–H groups in total. The fourth-order valence-corrected chi connectivity index (χ4v) is 6.14. The van der Waals surface area contributed by atoms with Gasteiger partial charge in [-0.05, 0) is 50.1 Å². The number of rotatable bonds is 10. The predicted molar refractivity (Wildman–Crippen MR) is 166 cm³/mol. The highest BCUT2D eigenvalue weighted by Crippen LogP contribution is 2.43. The number of benzene rings is 2. The van der Waals surface area contributed by atoms with Gasteiger partial charge >= 0.3 is 7.82 Å². The van der Waals surface area contributed by atoms with Crippen molar-refractivity contribution in [2.75, 3.05) is 5.73 Å². The summed E-state index contributed by atoms with van der Waals surface area (Å²) < 4.78 is 18.6. The van der Waals surface area contributed by atoms with Crippen molar-refractivity contribution in [2.45, 2.75) is 71.4 Å². The third kappa shape index (κ3) is 5.45. The van der Waals surface area contributed by atoms with E-state index in [4.69, 9.17) is 15.2 Å². The number of imide groups is 1. The molecule has 0 atom stereocenters. The molecule has 2 aromatic carbocycles. The van der Waals surface area contributed by atoms with Crippen LogP contribution in [0.2, 0.25) is 0 Å². The summed E-state index contributed by atoms with van der Waals surface area (Å²) in [4.78, 5) is 55.0. The number of aromatic nitrogens is 3. The number of aryl methyl sites for hydroxylation is 1. The maximum Gasteiger partial charge on any atom is 0.524 e. The van der Waals surface area contributed by atoms with Crippen molar-refractivity contribution >= 4 is 47.4 Å². The van der Waals surface area contributed by atoms with Crippen molar-refractivity contribution in [1.29, 1.82) is 0 Å². The average Bonchev–Trinajstić information content (AvgIpc) is 3.47.